The van der Waals surface area contributed by atoms with Crippen LogP contribution in [0.1, 0.15) is 44.9 Å². The smallest absolute Gasteiger partial charge is 0.338 e. The van der Waals surface area contributed by atoms with Gasteiger partial charge < -0.3 is 10.1 Å². The van der Waals surface area contributed by atoms with Gasteiger partial charge in [0.05, 0.1) is 5.56 Å². The highest BCUT2D eigenvalue weighted by Crippen LogP contribution is 2.12. The first-order valence-corrected chi connectivity index (χ1v) is 7.59. The molecule has 6 nitrogen and oxygen atoms in total. The lowest BCUT2D eigenvalue weighted by Gasteiger charge is -2.13. The first-order chi connectivity index (χ1) is 11.9. The molecule has 0 aromatic heterocycles. The SMILES string of the molecule is CC(=O)c1ccc(NC(=O)[C@H](C)OC(=O)c2ccc(C=O)cc2)cc1. The molecule has 0 radical (unpaired) electrons. The molecule has 0 bridgehead atoms. The standard InChI is InChI=1S/C19H17NO5/c1-12(22)15-7-9-17(10-8-15)20-18(23)13(2)25-19(24)16-5-3-14(11-21)4-6-16/h3-11,13H,1-2H3,(H,20,23)/t13-/m0/s1. The number of carbonyl (C=O) groups excluding carboxylic acids is 4. The first-order valence-electron chi connectivity index (χ1n) is 7.59. The Labute approximate surface area is 144 Å². The lowest BCUT2D eigenvalue weighted by atomic mass is 10.1. The molecule has 128 valence electrons. The number of esters is 1. The Morgan fingerprint density at radius 2 is 1.52 bits per heavy atom. The molecule has 25 heavy (non-hydrogen) atoms. The fraction of sp³-hybridized carbons (Fsp3) is 0.158. The summed E-state index contributed by atoms with van der Waals surface area (Å²) in [6, 6.07) is 12.3. The van der Waals surface area contributed by atoms with Gasteiger partial charge in [-0.05, 0) is 50.2 Å². The molecule has 2 aromatic carbocycles. The second-order valence-corrected chi connectivity index (χ2v) is 5.41. The van der Waals surface area contributed by atoms with Gasteiger partial charge in [0, 0.05) is 16.8 Å². The van der Waals surface area contributed by atoms with Crippen LogP contribution >= 0.6 is 0 Å². The van der Waals surface area contributed by atoms with Crippen molar-refractivity contribution < 1.29 is 23.9 Å². The number of hydrogen-bond acceptors (Lipinski definition) is 5. The van der Waals surface area contributed by atoms with Crippen LogP contribution in [0.15, 0.2) is 48.5 Å². The molecular formula is C19H17NO5. The van der Waals surface area contributed by atoms with E-state index in [1.807, 2.05) is 0 Å². The van der Waals surface area contributed by atoms with Crippen LogP contribution in [0.4, 0.5) is 5.69 Å². The van der Waals surface area contributed by atoms with Crippen molar-refractivity contribution in [3.8, 4) is 0 Å². The fourth-order valence-electron chi connectivity index (χ4n) is 2.01. The van der Waals surface area contributed by atoms with Crippen LogP contribution in [0.25, 0.3) is 0 Å². The molecule has 0 saturated carbocycles. The summed E-state index contributed by atoms with van der Waals surface area (Å²) in [6.07, 6.45) is -0.339. The van der Waals surface area contributed by atoms with Crippen LogP contribution in [0.5, 0.6) is 0 Å². The van der Waals surface area contributed by atoms with Gasteiger partial charge in [0.25, 0.3) is 5.91 Å². The van der Waals surface area contributed by atoms with E-state index in [0.29, 0.717) is 23.1 Å². The van der Waals surface area contributed by atoms with Gasteiger partial charge in [-0.3, -0.25) is 14.4 Å². The molecule has 0 aliphatic rings. The van der Waals surface area contributed by atoms with Gasteiger partial charge in [-0.15, -0.1) is 0 Å². The predicted molar refractivity (Wildman–Crippen MR) is 91.8 cm³/mol. The molecule has 0 aliphatic carbocycles. The third-order valence-electron chi connectivity index (χ3n) is 3.49. The predicted octanol–water partition coefficient (Wildman–Crippen LogP) is 2.89. The maximum Gasteiger partial charge on any atom is 0.338 e. The number of hydrogen-bond donors (Lipinski definition) is 1. The van der Waals surface area contributed by atoms with Crippen LogP contribution < -0.4 is 5.32 Å². The Balaban J connectivity index is 1.95. The van der Waals surface area contributed by atoms with Gasteiger partial charge in [0.2, 0.25) is 0 Å². The second-order valence-electron chi connectivity index (χ2n) is 5.41. The zero-order chi connectivity index (χ0) is 18.4. The number of ketones is 1. The topological polar surface area (TPSA) is 89.5 Å². The van der Waals surface area contributed by atoms with Crippen LogP contribution in [0, 0.1) is 0 Å². The van der Waals surface area contributed by atoms with Crippen LogP contribution in [0.2, 0.25) is 0 Å². The molecule has 2 aromatic rings. The van der Waals surface area contributed by atoms with Gasteiger partial charge >= 0.3 is 5.97 Å². The van der Waals surface area contributed by atoms with Gasteiger partial charge in [0.15, 0.2) is 11.9 Å². The maximum absolute atomic E-state index is 12.1. The largest absolute Gasteiger partial charge is 0.449 e. The van der Waals surface area contributed by atoms with E-state index in [2.05, 4.69) is 5.32 Å². The maximum atomic E-state index is 12.1. The van der Waals surface area contributed by atoms with Crippen LogP contribution in [0.3, 0.4) is 0 Å². The van der Waals surface area contributed by atoms with Crippen molar-refractivity contribution in [2.75, 3.05) is 5.32 Å². The first kappa shape index (κ1) is 18.1. The molecule has 1 N–H and O–H groups in total. The highest BCUT2D eigenvalue weighted by atomic mass is 16.5. The highest BCUT2D eigenvalue weighted by molar-refractivity contribution is 5.98. The Morgan fingerprint density at radius 1 is 0.960 bits per heavy atom. The summed E-state index contributed by atoms with van der Waals surface area (Å²) in [6.45, 7) is 2.91. The number of ether oxygens (including phenoxy) is 1. The monoisotopic (exact) mass is 339 g/mol. The van der Waals surface area contributed by atoms with Crippen molar-refractivity contribution in [1.29, 1.82) is 0 Å². The summed E-state index contributed by atoms with van der Waals surface area (Å²) in [5.74, 6) is -1.22. The molecule has 1 amide bonds. The zero-order valence-corrected chi connectivity index (χ0v) is 13.8. The van der Waals surface area contributed by atoms with Gasteiger partial charge in [-0.2, -0.15) is 0 Å². The average Bonchev–Trinajstić information content (AvgIpc) is 2.62. The van der Waals surface area contributed by atoms with E-state index >= 15 is 0 Å². The Bertz CT molecular complexity index is 794. The Morgan fingerprint density at radius 3 is 2.04 bits per heavy atom. The number of amides is 1. The number of aldehydes is 1. The summed E-state index contributed by atoms with van der Waals surface area (Å²) in [5, 5.41) is 2.61. The Kier molecular flexibility index (Phi) is 5.79. The molecule has 0 spiro atoms. The lowest BCUT2D eigenvalue weighted by molar-refractivity contribution is -0.123. The molecule has 6 heteroatoms. The van der Waals surface area contributed by atoms with Crippen molar-refractivity contribution in [2.45, 2.75) is 20.0 Å². The van der Waals surface area contributed by atoms with E-state index in [1.54, 1.807) is 24.3 Å². The second kappa shape index (κ2) is 8.01. The minimum absolute atomic E-state index is 0.0687. The van der Waals surface area contributed by atoms with Crippen molar-refractivity contribution in [2.24, 2.45) is 0 Å². The van der Waals surface area contributed by atoms with Crippen molar-refractivity contribution in [3.05, 3.63) is 65.2 Å². The zero-order valence-electron chi connectivity index (χ0n) is 13.8. The number of rotatable bonds is 6. The van der Waals surface area contributed by atoms with E-state index in [9.17, 15) is 19.2 Å². The van der Waals surface area contributed by atoms with Gasteiger partial charge in [-0.25, -0.2) is 4.79 Å². The number of nitrogens with one attached hydrogen (secondary N) is 1. The van der Waals surface area contributed by atoms with Crippen molar-refractivity contribution in [1.82, 2.24) is 0 Å². The minimum atomic E-state index is -1.01. The van der Waals surface area contributed by atoms with Gasteiger partial charge in [-0.1, -0.05) is 12.1 Å². The number of anilines is 1. The fourth-order valence-corrected chi connectivity index (χ4v) is 2.01. The number of benzene rings is 2. The normalized spacial score (nSPS) is 11.3. The molecule has 0 aliphatic heterocycles. The summed E-state index contributed by atoms with van der Waals surface area (Å²) in [7, 11) is 0. The summed E-state index contributed by atoms with van der Waals surface area (Å²) in [5.41, 5.74) is 1.72. The molecule has 0 heterocycles. The minimum Gasteiger partial charge on any atom is -0.449 e. The van der Waals surface area contributed by atoms with E-state index in [4.69, 9.17) is 4.74 Å². The molecule has 0 fully saturated rings. The molecule has 2 rings (SSSR count). The quantitative estimate of drug-likeness (QED) is 0.496. The van der Waals surface area contributed by atoms with E-state index < -0.39 is 18.0 Å². The molecular weight excluding hydrogens is 322 g/mol. The van der Waals surface area contributed by atoms with E-state index in [0.717, 1.165) is 0 Å². The Hall–Kier alpha value is -3.28. The van der Waals surface area contributed by atoms with E-state index in [-0.39, 0.29) is 11.3 Å². The average molecular weight is 339 g/mol. The summed E-state index contributed by atoms with van der Waals surface area (Å²) < 4.78 is 5.11. The highest BCUT2D eigenvalue weighted by Gasteiger charge is 2.19. The summed E-state index contributed by atoms with van der Waals surface area (Å²) >= 11 is 0. The third kappa shape index (κ3) is 4.84. The van der Waals surface area contributed by atoms with Crippen LogP contribution in [-0.2, 0) is 9.53 Å². The third-order valence-corrected chi connectivity index (χ3v) is 3.49. The molecule has 0 unspecified atom stereocenters. The number of carbonyl (C=O) groups is 4. The van der Waals surface area contributed by atoms with Crippen molar-refractivity contribution in [3.63, 3.8) is 0 Å². The molecule has 1 atom stereocenters. The molecule has 0 saturated heterocycles. The van der Waals surface area contributed by atoms with Gasteiger partial charge in [0.1, 0.15) is 6.29 Å². The van der Waals surface area contributed by atoms with E-state index in [1.165, 1.54) is 38.1 Å². The van der Waals surface area contributed by atoms with Crippen LogP contribution in [-0.4, -0.2) is 30.0 Å². The lowest BCUT2D eigenvalue weighted by Crippen LogP contribution is -2.30. The summed E-state index contributed by atoms with van der Waals surface area (Å²) in [4.78, 5) is 45.9. The number of Topliss-reactive ketones (excluding diaryl/α,β-unsaturated/α-hetero) is 1. The van der Waals surface area contributed by atoms with Crippen molar-refractivity contribution >= 4 is 29.6 Å².